The molecule has 0 spiro atoms. The van der Waals surface area contributed by atoms with Crippen molar-refractivity contribution in [1.29, 1.82) is 0 Å². The molecule has 1 amide bonds. The second-order valence-corrected chi connectivity index (χ2v) is 5.13. The Hall–Kier alpha value is -1.57. The van der Waals surface area contributed by atoms with Crippen LogP contribution in [0, 0.1) is 0 Å². The van der Waals surface area contributed by atoms with Crippen molar-refractivity contribution in [3.8, 4) is 0 Å². The van der Waals surface area contributed by atoms with E-state index in [0.29, 0.717) is 6.54 Å². The van der Waals surface area contributed by atoms with Crippen molar-refractivity contribution in [2.24, 2.45) is 0 Å². The van der Waals surface area contributed by atoms with E-state index in [1.165, 1.54) is 0 Å². The van der Waals surface area contributed by atoms with E-state index in [-0.39, 0.29) is 11.3 Å². The molecule has 0 atom stereocenters. The highest BCUT2D eigenvalue weighted by molar-refractivity contribution is 5.96. The summed E-state index contributed by atoms with van der Waals surface area (Å²) in [5.41, 5.74) is 1.83. The molecule has 2 heteroatoms. The summed E-state index contributed by atoms with van der Waals surface area (Å²) >= 11 is 0. The van der Waals surface area contributed by atoms with Crippen LogP contribution in [0.1, 0.15) is 43.1 Å². The summed E-state index contributed by atoms with van der Waals surface area (Å²) in [5, 5.41) is 2.90. The van der Waals surface area contributed by atoms with Gasteiger partial charge in [0.1, 0.15) is 0 Å². The molecule has 92 valence electrons. The Morgan fingerprint density at radius 2 is 2.00 bits per heavy atom. The Kier molecular flexibility index (Phi) is 4.50. The number of amides is 1. The maximum Gasteiger partial charge on any atom is 0.251 e. The fourth-order valence-corrected chi connectivity index (χ4v) is 1.72. The lowest BCUT2D eigenvalue weighted by Crippen LogP contribution is -2.27. The van der Waals surface area contributed by atoms with Crippen LogP contribution in [0.3, 0.4) is 0 Å². The Morgan fingerprint density at radius 1 is 1.35 bits per heavy atom. The maximum absolute atomic E-state index is 12.0. The van der Waals surface area contributed by atoms with Crippen LogP contribution in [0.4, 0.5) is 0 Å². The Balaban J connectivity index is 2.90. The average Bonchev–Trinajstić information content (AvgIpc) is 2.28. The lowest BCUT2D eigenvalue weighted by atomic mass is 9.83. The molecule has 0 radical (unpaired) electrons. The molecule has 1 N–H and O–H groups in total. The lowest BCUT2D eigenvalue weighted by molar-refractivity contribution is 0.0952. The van der Waals surface area contributed by atoms with Crippen molar-refractivity contribution in [1.82, 2.24) is 5.32 Å². The second-order valence-electron chi connectivity index (χ2n) is 5.13. The molecule has 0 aliphatic carbocycles. The summed E-state index contributed by atoms with van der Waals surface area (Å²) in [4.78, 5) is 12.0. The SMILES string of the molecule is C=CCCNC(=O)c1ccccc1C(C)(C)C. The number of carbonyl (C=O) groups is 1. The van der Waals surface area contributed by atoms with Crippen molar-refractivity contribution in [3.63, 3.8) is 0 Å². The molecule has 0 unspecified atom stereocenters. The average molecular weight is 231 g/mol. The van der Waals surface area contributed by atoms with E-state index in [2.05, 4.69) is 32.7 Å². The van der Waals surface area contributed by atoms with Crippen LogP contribution in [-0.4, -0.2) is 12.5 Å². The summed E-state index contributed by atoms with van der Waals surface area (Å²) in [7, 11) is 0. The minimum absolute atomic E-state index is 0.00243. The molecule has 0 aromatic heterocycles. The molecule has 0 aliphatic rings. The fourth-order valence-electron chi connectivity index (χ4n) is 1.72. The molecule has 1 rings (SSSR count). The van der Waals surface area contributed by atoms with E-state index in [1.807, 2.05) is 24.3 Å². The quantitative estimate of drug-likeness (QED) is 0.625. The Morgan fingerprint density at radius 3 is 2.59 bits per heavy atom. The van der Waals surface area contributed by atoms with Gasteiger partial charge in [-0.05, 0) is 23.5 Å². The number of benzene rings is 1. The predicted octanol–water partition coefficient (Wildman–Crippen LogP) is 3.29. The van der Waals surface area contributed by atoms with E-state index < -0.39 is 0 Å². The first-order valence-corrected chi connectivity index (χ1v) is 5.95. The van der Waals surface area contributed by atoms with Gasteiger partial charge in [0.2, 0.25) is 0 Å². The highest BCUT2D eigenvalue weighted by Gasteiger charge is 2.20. The van der Waals surface area contributed by atoms with Gasteiger partial charge in [-0.15, -0.1) is 6.58 Å². The molecule has 0 bridgehead atoms. The minimum atomic E-state index is -0.0215. The number of nitrogens with one attached hydrogen (secondary N) is 1. The van der Waals surface area contributed by atoms with Crippen LogP contribution in [0.2, 0.25) is 0 Å². The first-order valence-electron chi connectivity index (χ1n) is 5.95. The number of hydrogen-bond donors (Lipinski definition) is 1. The van der Waals surface area contributed by atoms with Crippen molar-refractivity contribution in [2.75, 3.05) is 6.54 Å². The van der Waals surface area contributed by atoms with E-state index in [1.54, 1.807) is 6.08 Å². The molecular formula is C15H21NO. The van der Waals surface area contributed by atoms with Gasteiger partial charge in [-0.25, -0.2) is 0 Å². The van der Waals surface area contributed by atoms with Crippen LogP contribution in [-0.2, 0) is 5.41 Å². The van der Waals surface area contributed by atoms with E-state index in [0.717, 1.165) is 17.5 Å². The summed E-state index contributed by atoms with van der Waals surface area (Å²) in [6.07, 6.45) is 2.60. The molecule has 0 saturated heterocycles. The van der Waals surface area contributed by atoms with E-state index >= 15 is 0 Å². The fraction of sp³-hybridized carbons (Fsp3) is 0.400. The van der Waals surface area contributed by atoms with E-state index in [9.17, 15) is 4.79 Å². The van der Waals surface area contributed by atoms with Crippen molar-refractivity contribution in [2.45, 2.75) is 32.6 Å². The zero-order valence-electron chi connectivity index (χ0n) is 10.9. The predicted molar refractivity (Wildman–Crippen MR) is 72.3 cm³/mol. The van der Waals surface area contributed by atoms with Gasteiger partial charge in [0, 0.05) is 12.1 Å². The third kappa shape index (κ3) is 3.74. The Bertz CT molecular complexity index is 402. The summed E-state index contributed by atoms with van der Waals surface area (Å²) in [6, 6.07) is 7.77. The number of hydrogen-bond acceptors (Lipinski definition) is 1. The molecule has 0 saturated carbocycles. The molecule has 1 aromatic rings. The van der Waals surface area contributed by atoms with E-state index in [4.69, 9.17) is 0 Å². The van der Waals surface area contributed by atoms with Gasteiger partial charge >= 0.3 is 0 Å². The maximum atomic E-state index is 12.0. The summed E-state index contributed by atoms with van der Waals surface area (Å²) < 4.78 is 0. The second kappa shape index (κ2) is 5.67. The monoisotopic (exact) mass is 231 g/mol. The van der Waals surface area contributed by atoms with Gasteiger partial charge in [0.05, 0.1) is 0 Å². The molecule has 2 nitrogen and oxygen atoms in total. The summed E-state index contributed by atoms with van der Waals surface area (Å²) in [5.74, 6) is -0.00243. The van der Waals surface area contributed by atoms with Crippen LogP contribution < -0.4 is 5.32 Å². The third-order valence-corrected chi connectivity index (χ3v) is 2.61. The first kappa shape index (κ1) is 13.5. The largest absolute Gasteiger partial charge is 0.352 e. The standard InChI is InChI=1S/C15H21NO/c1-5-6-11-16-14(17)12-9-7-8-10-13(12)15(2,3)4/h5,7-10H,1,6,11H2,2-4H3,(H,16,17). The third-order valence-electron chi connectivity index (χ3n) is 2.61. The van der Waals surface area contributed by atoms with Gasteiger partial charge in [0.15, 0.2) is 0 Å². The molecule has 1 aromatic carbocycles. The van der Waals surface area contributed by atoms with Gasteiger partial charge in [-0.2, -0.15) is 0 Å². The van der Waals surface area contributed by atoms with Crippen molar-refractivity contribution in [3.05, 3.63) is 48.0 Å². The van der Waals surface area contributed by atoms with Crippen LogP contribution >= 0.6 is 0 Å². The van der Waals surface area contributed by atoms with Gasteiger partial charge < -0.3 is 5.32 Å². The molecule has 0 heterocycles. The number of rotatable bonds is 4. The number of carbonyl (C=O) groups excluding carboxylic acids is 1. The van der Waals surface area contributed by atoms with Crippen LogP contribution in [0.25, 0.3) is 0 Å². The van der Waals surface area contributed by atoms with Crippen molar-refractivity contribution < 1.29 is 4.79 Å². The molecule has 0 aliphatic heterocycles. The summed E-state index contributed by atoms with van der Waals surface area (Å²) in [6.45, 7) is 10.6. The normalized spacial score (nSPS) is 11.0. The highest BCUT2D eigenvalue weighted by atomic mass is 16.1. The van der Waals surface area contributed by atoms with Gasteiger partial charge in [0.25, 0.3) is 5.91 Å². The zero-order valence-corrected chi connectivity index (χ0v) is 10.9. The highest BCUT2D eigenvalue weighted by Crippen LogP contribution is 2.25. The van der Waals surface area contributed by atoms with Crippen LogP contribution in [0.15, 0.2) is 36.9 Å². The van der Waals surface area contributed by atoms with Gasteiger partial charge in [-0.3, -0.25) is 4.79 Å². The van der Waals surface area contributed by atoms with Crippen molar-refractivity contribution >= 4 is 5.91 Å². The Labute approximate surface area is 104 Å². The molecule has 17 heavy (non-hydrogen) atoms. The smallest absolute Gasteiger partial charge is 0.251 e. The zero-order chi connectivity index (χ0) is 12.9. The molecule has 0 fully saturated rings. The molecular weight excluding hydrogens is 210 g/mol. The van der Waals surface area contributed by atoms with Crippen LogP contribution in [0.5, 0.6) is 0 Å². The minimum Gasteiger partial charge on any atom is -0.352 e. The van der Waals surface area contributed by atoms with Gasteiger partial charge in [-0.1, -0.05) is 45.0 Å². The lowest BCUT2D eigenvalue weighted by Gasteiger charge is -2.22. The first-order chi connectivity index (χ1) is 7.96. The topological polar surface area (TPSA) is 29.1 Å².